The van der Waals surface area contributed by atoms with Crippen LogP contribution in [0.5, 0.6) is 0 Å². The van der Waals surface area contributed by atoms with Gasteiger partial charge in [0, 0.05) is 6.07 Å². The molecule has 0 unspecified atom stereocenters. The van der Waals surface area contributed by atoms with E-state index in [0.717, 1.165) is 0 Å². The zero-order chi connectivity index (χ0) is 10.0. The number of anilines is 1. The minimum atomic E-state index is -1.33. The lowest BCUT2D eigenvalue weighted by Gasteiger charge is -2.04. The molecule has 1 aromatic rings. The quantitative estimate of drug-likeness (QED) is 0.490. The van der Waals surface area contributed by atoms with Crippen LogP contribution >= 0.6 is 15.9 Å². The molecule has 0 spiro atoms. The molecule has 0 fully saturated rings. The molecule has 0 atom stereocenters. The predicted octanol–water partition coefficient (Wildman–Crippen LogP) is 2.43. The Morgan fingerprint density at radius 2 is 1.92 bits per heavy atom. The summed E-state index contributed by atoms with van der Waals surface area (Å²) in [4.78, 5) is 9.92. The minimum absolute atomic E-state index is 0.169. The molecule has 1 aromatic carbocycles. The zero-order valence-electron chi connectivity index (χ0n) is 6.07. The van der Waals surface area contributed by atoms with Gasteiger partial charge in [-0.25, -0.2) is 13.2 Å². The second-order valence-corrected chi connectivity index (χ2v) is 2.90. The molecule has 0 saturated heterocycles. The molecule has 13 heavy (non-hydrogen) atoms. The molecule has 1 amide bonds. The molecule has 0 radical (unpaired) electrons. The first kappa shape index (κ1) is 10.0. The second-order valence-electron chi connectivity index (χ2n) is 2.11. The molecule has 0 aromatic heterocycles. The average molecular weight is 254 g/mol. The number of carbonyl (C=O) groups is 1. The number of rotatable bonds is 2. The van der Waals surface area contributed by atoms with Crippen LogP contribution in [0, 0.1) is 17.5 Å². The van der Waals surface area contributed by atoms with Crippen LogP contribution in [-0.2, 0) is 4.79 Å². The Bertz CT molecular complexity index is 356. The van der Waals surface area contributed by atoms with Gasteiger partial charge in [0.05, 0.1) is 10.2 Å². The van der Waals surface area contributed by atoms with Crippen LogP contribution < -0.4 is 5.32 Å². The summed E-state index contributed by atoms with van der Waals surface area (Å²) in [5.41, 5.74) is -0.416. The highest BCUT2D eigenvalue weighted by Gasteiger charge is 2.15. The van der Waals surface area contributed by atoms with Gasteiger partial charge in [-0.1, -0.05) is 0 Å². The number of benzene rings is 1. The molecule has 0 bridgehead atoms. The highest BCUT2D eigenvalue weighted by Crippen LogP contribution is 2.27. The maximum atomic E-state index is 13.0. The number of hydrogen-bond acceptors (Lipinski definition) is 1. The molecule has 0 heterocycles. The lowest BCUT2D eigenvalue weighted by Crippen LogP contribution is -2.01. The molecule has 1 rings (SSSR count). The van der Waals surface area contributed by atoms with Crippen molar-refractivity contribution in [3.05, 3.63) is 28.0 Å². The van der Waals surface area contributed by atoms with Crippen LogP contribution in [0.1, 0.15) is 0 Å². The van der Waals surface area contributed by atoms with E-state index >= 15 is 0 Å². The van der Waals surface area contributed by atoms with Crippen molar-refractivity contribution < 1.29 is 18.0 Å². The Hall–Kier alpha value is -1.04. The molecule has 70 valence electrons. The van der Waals surface area contributed by atoms with Gasteiger partial charge in [0.2, 0.25) is 6.41 Å². The van der Waals surface area contributed by atoms with Crippen molar-refractivity contribution in [2.75, 3.05) is 5.32 Å². The topological polar surface area (TPSA) is 29.1 Å². The number of amides is 1. The van der Waals surface area contributed by atoms with Crippen molar-refractivity contribution in [2.24, 2.45) is 0 Å². The van der Waals surface area contributed by atoms with Gasteiger partial charge in [-0.2, -0.15) is 0 Å². The summed E-state index contributed by atoms with van der Waals surface area (Å²) >= 11 is 2.50. The first-order chi connectivity index (χ1) is 6.07. The van der Waals surface area contributed by atoms with Crippen LogP contribution in [0.25, 0.3) is 0 Å². The SMILES string of the molecule is O=CNc1cc(F)c(F)c(Br)c1F. The normalized spacial score (nSPS) is 9.85. The molecular formula is C7H3BrF3NO. The van der Waals surface area contributed by atoms with Crippen LogP contribution in [-0.4, -0.2) is 6.41 Å². The van der Waals surface area contributed by atoms with Gasteiger partial charge in [-0.3, -0.25) is 4.79 Å². The summed E-state index contributed by atoms with van der Waals surface area (Å²) in [6.07, 6.45) is 0.169. The highest BCUT2D eigenvalue weighted by atomic mass is 79.9. The van der Waals surface area contributed by atoms with Crippen molar-refractivity contribution in [1.82, 2.24) is 0 Å². The van der Waals surface area contributed by atoms with E-state index in [2.05, 4.69) is 15.9 Å². The number of nitrogens with one attached hydrogen (secondary N) is 1. The summed E-state index contributed by atoms with van der Waals surface area (Å²) in [5, 5.41) is 1.89. The van der Waals surface area contributed by atoms with Crippen molar-refractivity contribution in [1.29, 1.82) is 0 Å². The second kappa shape index (κ2) is 3.78. The van der Waals surface area contributed by atoms with Crippen LogP contribution in [0.15, 0.2) is 10.5 Å². The minimum Gasteiger partial charge on any atom is -0.326 e. The fraction of sp³-hybridized carbons (Fsp3) is 0. The Labute approximate surface area is 79.9 Å². The van der Waals surface area contributed by atoms with Gasteiger partial charge in [-0.15, -0.1) is 0 Å². The van der Waals surface area contributed by atoms with E-state index in [4.69, 9.17) is 0 Å². The maximum Gasteiger partial charge on any atom is 0.211 e. The molecule has 0 aliphatic carbocycles. The molecule has 0 aliphatic heterocycles. The molecule has 0 saturated carbocycles. The largest absolute Gasteiger partial charge is 0.326 e. The zero-order valence-corrected chi connectivity index (χ0v) is 7.66. The third kappa shape index (κ3) is 1.82. The van der Waals surface area contributed by atoms with Crippen LogP contribution in [0.3, 0.4) is 0 Å². The van der Waals surface area contributed by atoms with Crippen molar-refractivity contribution in [3.63, 3.8) is 0 Å². The first-order valence-electron chi connectivity index (χ1n) is 3.11. The Kier molecular flexibility index (Phi) is 2.92. The summed E-state index contributed by atoms with van der Waals surface area (Å²) in [6.45, 7) is 0. The van der Waals surface area contributed by atoms with E-state index in [1.807, 2.05) is 5.32 Å². The fourth-order valence-electron chi connectivity index (χ4n) is 0.741. The van der Waals surface area contributed by atoms with Crippen molar-refractivity contribution in [2.45, 2.75) is 0 Å². The molecule has 6 heteroatoms. The van der Waals surface area contributed by atoms with E-state index in [0.29, 0.717) is 6.07 Å². The van der Waals surface area contributed by atoms with Gasteiger partial charge in [0.15, 0.2) is 17.5 Å². The van der Waals surface area contributed by atoms with E-state index in [9.17, 15) is 18.0 Å². The van der Waals surface area contributed by atoms with Crippen LogP contribution in [0.4, 0.5) is 18.9 Å². The molecule has 0 aliphatic rings. The number of hydrogen-bond donors (Lipinski definition) is 1. The predicted molar refractivity (Wildman–Crippen MR) is 43.7 cm³/mol. The lowest BCUT2D eigenvalue weighted by atomic mass is 10.3. The lowest BCUT2D eigenvalue weighted by molar-refractivity contribution is -0.105. The van der Waals surface area contributed by atoms with E-state index in [1.165, 1.54) is 0 Å². The van der Waals surface area contributed by atoms with Gasteiger partial charge in [0.1, 0.15) is 0 Å². The summed E-state index contributed by atoms with van der Waals surface area (Å²) in [6, 6.07) is 0.559. The van der Waals surface area contributed by atoms with Crippen molar-refractivity contribution in [3.8, 4) is 0 Å². The number of halogens is 4. The highest BCUT2D eigenvalue weighted by molar-refractivity contribution is 9.10. The van der Waals surface area contributed by atoms with Gasteiger partial charge < -0.3 is 5.32 Å². The summed E-state index contributed by atoms with van der Waals surface area (Å²) < 4.78 is 37.6. The third-order valence-corrected chi connectivity index (χ3v) is 2.01. The van der Waals surface area contributed by atoms with Gasteiger partial charge >= 0.3 is 0 Å². The molecule has 1 N–H and O–H groups in total. The third-order valence-electron chi connectivity index (χ3n) is 1.32. The monoisotopic (exact) mass is 253 g/mol. The Balaban J connectivity index is 3.31. The van der Waals surface area contributed by atoms with Crippen LogP contribution in [0.2, 0.25) is 0 Å². The summed E-state index contributed by atoms with van der Waals surface area (Å²) in [7, 11) is 0. The van der Waals surface area contributed by atoms with E-state index in [-0.39, 0.29) is 6.41 Å². The molecule has 2 nitrogen and oxygen atoms in total. The van der Waals surface area contributed by atoms with E-state index in [1.54, 1.807) is 0 Å². The Morgan fingerprint density at radius 1 is 1.31 bits per heavy atom. The fourth-order valence-corrected chi connectivity index (χ4v) is 1.14. The standard InChI is InChI=1S/C7H3BrF3NO/c8-5-6(10)3(9)1-4(7(5)11)12-2-13/h1-2H,(H,12,13). The van der Waals surface area contributed by atoms with Crippen molar-refractivity contribution >= 4 is 28.0 Å². The maximum absolute atomic E-state index is 13.0. The number of carbonyl (C=O) groups excluding carboxylic acids is 1. The van der Waals surface area contributed by atoms with E-state index < -0.39 is 27.6 Å². The smallest absolute Gasteiger partial charge is 0.211 e. The summed E-state index contributed by atoms with van der Waals surface area (Å²) in [5.74, 6) is -3.61. The Morgan fingerprint density at radius 3 is 2.46 bits per heavy atom. The average Bonchev–Trinajstić information content (AvgIpc) is 2.11. The van der Waals surface area contributed by atoms with Gasteiger partial charge in [0.25, 0.3) is 0 Å². The molecular weight excluding hydrogens is 251 g/mol. The first-order valence-corrected chi connectivity index (χ1v) is 3.90. The van der Waals surface area contributed by atoms with Gasteiger partial charge in [-0.05, 0) is 15.9 Å².